The van der Waals surface area contributed by atoms with Crippen molar-refractivity contribution in [2.75, 3.05) is 5.43 Å². The van der Waals surface area contributed by atoms with Crippen molar-refractivity contribution in [1.82, 2.24) is 9.97 Å². The van der Waals surface area contributed by atoms with Crippen LogP contribution in [0.3, 0.4) is 0 Å². The van der Waals surface area contributed by atoms with Crippen molar-refractivity contribution in [3.63, 3.8) is 0 Å². The van der Waals surface area contributed by atoms with Crippen molar-refractivity contribution in [3.8, 4) is 11.6 Å². The van der Waals surface area contributed by atoms with E-state index in [1.807, 2.05) is 41.8 Å². The van der Waals surface area contributed by atoms with Crippen molar-refractivity contribution in [3.05, 3.63) is 41.8 Å². The quantitative estimate of drug-likeness (QED) is 0.435. The fourth-order valence-corrected chi connectivity index (χ4v) is 2.93. The lowest BCUT2D eigenvalue weighted by atomic mass is 10.2. The largest absolute Gasteiger partial charge is 0.453 e. The molecule has 5 nitrogen and oxygen atoms in total. The fraction of sp³-hybridized carbons (Fsp3) is 0. The van der Waals surface area contributed by atoms with Gasteiger partial charge in [-0.2, -0.15) is 0 Å². The van der Waals surface area contributed by atoms with Crippen molar-refractivity contribution >= 4 is 38.3 Å². The second-order valence-electron chi connectivity index (χ2n) is 4.33. The zero-order valence-electron chi connectivity index (χ0n) is 10.3. The molecule has 0 saturated carbocycles. The Labute approximate surface area is 118 Å². The SMILES string of the molecule is NNc1nc(-c2cc3ccccc3o2)nc2sccc12. The molecule has 98 valence electrons. The van der Waals surface area contributed by atoms with Crippen LogP contribution in [0.1, 0.15) is 0 Å². The van der Waals surface area contributed by atoms with Gasteiger partial charge in [-0.05, 0) is 23.6 Å². The molecule has 0 fully saturated rings. The Kier molecular flexibility index (Phi) is 2.45. The number of anilines is 1. The number of para-hydroxylation sites is 1. The van der Waals surface area contributed by atoms with E-state index in [-0.39, 0.29) is 0 Å². The molecule has 0 amide bonds. The summed E-state index contributed by atoms with van der Waals surface area (Å²) < 4.78 is 5.79. The lowest BCUT2D eigenvalue weighted by Gasteiger charge is -2.02. The molecule has 6 heteroatoms. The van der Waals surface area contributed by atoms with Crippen LogP contribution in [-0.2, 0) is 0 Å². The Bertz CT molecular complexity index is 879. The molecule has 0 radical (unpaired) electrons. The zero-order chi connectivity index (χ0) is 13.5. The molecule has 3 N–H and O–H groups in total. The number of benzene rings is 1. The number of fused-ring (bicyclic) bond motifs is 2. The molecule has 3 heterocycles. The first kappa shape index (κ1) is 11.4. The molecule has 0 unspecified atom stereocenters. The van der Waals surface area contributed by atoms with Crippen LogP contribution in [0.5, 0.6) is 0 Å². The van der Waals surface area contributed by atoms with E-state index in [9.17, 15) is 0 Å². The van der Waals surface area contributed by atoms with Crippen LogP contribution in [0.2, 0.25) is 0 Å². The molecule has 0 bridgehead atoms. The second-order valence-corrected chi connectivity index (χ2v) is 5.22. The van der Waals surface area contributed by atoms with Gasteiger partial charge in [-0.1, -0.05) is 18.2 Å². The van der Waals surface area contributed by atoms with Crippen LogP contribution >= 0.6 is 11.3 Å². The molecule has 1 aromatic carbocycles. The third kappa shape index (κ3) is 1.66. The highest BCUT2D eigenvalue weighted by molar-refractivity contribution is 7.16. The maximum absolute atomic E-state index is 5.79. The van der Waals surface area contributed by atoms with Crippen molar-refractivity contribution < 1.29 is 4.42 Å². The lowest BCUT2D eigenvalue weighted by Crippen LogP contribution is -2.09. The zero-order valence-corrected chi connectivity index (χ0v) is 11.1. The van der Waals surface area contributed by atoms with E-state index in [4.69, 9.17) is 10.3 Å². The first-order valence-corrected chi connectivity index (χ1v) is 6.94. The van der Waals surface area contributed by atoms with Gasteiger partial charge in [0.2, 0.25) is 0 Å². The van der Waals surface area contributed by atoms with Crippen LogP contribution in [0.25, 0.3) is 32.8 Å². The minimum atomic E-state index is 0.532. The van der Waals surface area contributed by atoms with Gasteiger partial charge in [0, 0.05) is 5.39 Å². The summed E-state index contributed by atoms with van der Waals surface area (Å²) in [6.45, 7) is 0. The summed E-state index contributed by atoms with van der Waals surface area (Å²) in [6, 6.07) is 11.7. The maximum atomic E-state index is 5.79. The predicted molar refractivity (Wildman–Crippen MR) is 80.4 cm³/mol. The van der Waals surface area contributed by atoms with E-state index in [1.54, 1.807) is 11.3 Å². The summed E-state index contributed by atoms with van der Waals surface area (Å²) in [7, 11) is 0. The van der Waals surface area contributed by atoms with Crippen LogP contribution in [0, 0.1) is 0 Å². The molecular weight excluding hydrogens is 272 g/mol. The number of rotatable bonds is 2. The summed E-state index contributed by atoms with van der Waals surface area (Å²) in [5.74, 6) is 7.30. The number of nitrogens with one attached hydrogen (secondary N) is 1. The first-order valence-electron chi connectivity index (χ1n) is 6.06. The normalized spacial score (nSPS) is 11.2. The Morgan fingerprint density at radius 2 is 2.05 bits per heavy atom. The average molecular weight is 282 g/mol. The number of nitrogen functional groups attached to an aromatic ring is 1. The van der Waals surface area contributed by atoms with Gasteiger partial charge in [0.25, 0.3) is 0 Å². The number of hydrogen-bond acceptors (Lipinski definition) is 6. The monoisotopic (exact) mass is 282 g/mol. The van der Waals surface area contributed by atoms with E-state index in [0.29, 0.717) is 17.4 Å². The number of furan rings is 1. The Balaban J connectivity index is 1.96. The molecule has 0 aliphatic heterocycles. The Morgan fingerprint density at radius 1 is 1.15 bits per heavy atom. The fourth-order valence-electron chi connectivity index (χ4n) is 2.17. The van der Waals surface area contributed by atoms with Crippen LogP contribution in [-0.4, -0.2) is 9.97 Å². The number of nitrogens with zero attached hydrogens (tertiary/aromatic N) is 2. The van der Waals surface area contributed by atoms with Gasteiger partial charge in [0.05, 0.1) is 5.39 Å². The number of thiophene rings is 1. The molecular formula is C14H10N4OS. The van der Waals surface area contributed by atoms with Gasteiger partial charge < -0.3 is 9.84 Å². The maximum Gasteiger partial charge on any atom is 0.199 e. The van der Waals surface area contributed by atoms with Crippen LogP contribution in [0.15, 0.2) is 46.2 Å². The summed E-state index contributed by atoms with van der Waals surface area (Å²) in [6.07, 6.45) is 0. The molecule has 4 rings (SSSR count). The summed E-state index contributed by atoms with van der Waals surface area (Å²) in [5.41, 5.74) is 3.43. The van der Waals surface area contributed by atoms with Gasteiger partial charge in [-0.15, -0.1) is 11.3 Å². The van der Waals surface area contributed by atoms with Gasteiger partial charge in [0.1, 0.15) is 10.4 Å². The molecule has 0 atom stereocenters. The van der Waals surface area contributed by atoms with Crippen molar-refractivity contribution in [1.29, 1.82) is 0 Å². The number of hydrogen-bond donors (Lipinski definition) is 2. The average Bonchev–Trinajstić information content (AvgIpc) is 3.12. The van der Waals surface area contributed by atoms with E-state index in [2.05, 4.69) is 15.4 Å². The highest BCUT2D eigenvalue weighted by Crippen LogP contribution is 2.30. The Hall–Kier alpha value is -2.44. The van der Waals surface area contributed by atoms with E-state index in [0.717, 1.165) is 21.2 Å². The minimum Gasteiger partial charge on any atom is -0.453 e. The summed E-state index contributed by atoms with van der Waals surface area (Å²) in [4.78, 5) is 9.83. The highest BCUT2D eigenvalue weighted by Gasteiger charge is 2.13. The first-order chi connectivity index (χ1) is 9.85. The van der Waals surface area contributed by atoms with E-state index < -0.39 is 0 Å². The van der Waals surface area contributed by atoms with Gasteiger partial charge in [-0.25, -0.2) is 15.8 Å². The molecule has 0 spiro atoms. The third-order valence-electron chi connectivity index (χ3n) is 3.11. The van der Waals surface area contributed by atoms with Crippen molar-refractivity contribution in [2.45, 2.75) is 0 Å². The molecule has 20 heavy (non-hydrogen) atoms. The van der Waals surface area contributed by atoms with Crippen LogP contribution in [0.4, 0.5) is 5.82 Å². The molecule has 3 aromatic heterocycles. The van der Waals surface area contributed by atoms with E-state index in [1.165, 1.54) is 0 Å². The molecule has 0 aliphatic carbocycles. The van der Waals surface area contributed by atoms with E-state index >= 15 is 0 Å². The smallest absolute Gasteiger partial charge is 0.199 e. The van der Waals surface area contributed by atoms with Gasteiger partial charge in [0.15, 0.2) is 17.4 Å². The lowest BCUT2D eigenvalue weighted by molar-refractivity contribution is 0.626. The molecule has 0 aliphatic rings. The van der Waals surface area contributed by atoms with Crippen LogP contribution < -0.4 is 11.3 Å². The van der Waals surface area contributed by atoms with Gasteiger partial charge in [-0.3, -0.25) is 0 Å². The second kappa shape index (κ2) is 4.29. The number of aromatic nitrogens is 2. The minimum absolute atomic E-state index is 0.532. The standard InChI is InChI=1S/C14H10N4OS/c15-18-12-9-5-6-20-14(9)17-13(16-12)11-7-8-3-1-2-4-10(8)19-11/h1-7H,15H2,(H,16,17,18). The molecule has 0 saturated heterocycles. The number of hydrazine groups is 1. The number of nitrogens with two attached hydrogens (primary N) is 1. The molecule has 4 aromatic rings. The summed E-state index contributed by atoms with van der Waals surface area (Å²) in [5, 5.41) is 3.90. The van der Waals surface area contributed by atoms with Gasteiger partial charge >= 0.3 is 0 Å². The highest BCUT2D eigenvalue weighted by atomic mass is 32.1. The third-order valence-corrected chi connectivity index (χ3v) is 3.91. The van der Waals surface area contributed by atoms with Crippen molar-refractivity contribution in [2.24, 2.45) is 5.84 Å². The summed E-state index contributed by atoms with van der Waals surface area (Å²) >= 11 is 1.54. The topological polar surface area (TPSA) is 77.0 Å². The Morgan fingerprint density at radius 3 is 2.90 bits per heavy atom. The predicted octanol–water partition coefficient (Wildman–Crippen LogP) is 3.39.